The lowest BCUT2D eigenvalue weighted by Crippen LogP contribution is -2.17. The molecule has 0 N–H and O–H groups in total. The predicted molar refractivity (Wildman–Crippen MR) is 275 cm³/mol. The Bertz CT molecular complexity index is 4170. The molecule has 0 aliphatic rings. The van der Waals surface area contributed by atoms with Crippen LogP contribution in [0.2, 0.25) is 0 Å². The molecular weight excluding hydrogens is 934 g/mol. The average molecular weight is 960 g/mol. The summed E-state index contributed by atoms with van der Waals surface area (Å²) in [7, 11) is 0. The van der Waals surface area contributed by atoms with Gasteiger partial charge in [-0.05, 0) is 141 Å². The van der Waals surface area contributed by atoms with E-state index in [1.807, 2.05) is 96.2 Å². The molecule has 0 aliphatic carbocycles. The van der Waals surface area contributed by atoms with Gasteiger partial charge in [0, 0.05) is 74.0 Å². The van der Waals surface area contributed by atoms with Crippen molar-refractivity contribution in [3.8, 4) is 18.2 Å². The number of hydrogen-bond donors (Lipinski definition) is 0. The van der Waals surface area contributed by atoms with Gasteiger partial charge in [-0.1, -0.05) is 18.2 Å². The molecular formula is C55H26FN9S4. The summed E-state index contributed by atoms with van der Waals surface area (Å²) < 4.78 is 18.2. The van der Waals surface area contributed by atoms with Crippen LogP contribution in [0.15, 0.2) is 119 Å². The molecule has 14 heteroatoms. The Labute approximate surface area is 409 Å². The molecule has 0 aliphatic heterocycles. The molecule has 0 saturated heterocycles. The molecule has 10 aromatic rings. The Balaban J connectivity index is 0.000000172. The summed E-state index contributed by atoms with van der Waals surface area (Å²) in [6.07, 6.45) is 3.40. The first-order valence-electron chi connectivity index (χ1n) is 20.5. The van der Waals surface area contributed by atoms with E-state index in [1.165, 1.54) is 52.2 Å². The molecule has 322 valence electrons. The van der Waals surface area contributed by atoms with E-state index in [0.29, 0.717) is 49.8 Å². The van der Waals surface area contributed by atoms with Crippen molar-refractivity contribution in [2.24, 2.45) is 0 Å². The number of fused-ring (bicyclic) bond motifs is 4. The fraction of sp³-hybridized carbons (Fsp3) is 0.0364. The van der Waals surface area contributed by atoms with Gasteiger partial charge in [0.05, 0.1) is 55.9 Å². The number of pyridine rings is 2. The molecule has 4 aromatic carbocycles. The van der Waals surface area contributed by atoms with Crippen molar-refractivity contribution in [1.29, 1.82) is 15.8 Å². The van der Waals surface area contributed by atoms with E-state index in [4.69, 9.17) is 31.3 Å². The number of aromatic nitrogens is 2. The van der Waals surface area contributed by atoms with Crippen LogP contribution in [0.5, 0.6) is 0 Å². The maximum atomic E-state index is 14.7. The minimum absolute atomic E-state index is 0.0160. The summed E-state index contributed by atoms with van der Waals surface area (Å²) in [5.74, 6) is -0.391. The molecule has 0 saturated carbocycles. The highest BCUT2D eigenvalue weighted by atomic mass is 32.1. The van der Waals surface area contributed by atoms with Crippen LogP contribution >= 0.6 is 45.3 Å². The Morgan fingerprint density at radius 1 is 0.522 bits per heavy atom. The lowest BCUT2D eigenvalue weighted by molar-refractivity contribution is 0.626. The van der Waals surface area contributed by atoms with Crippen LogP contribution in [0.25, 0.3) is 82.3 Å². The monoisotopic (exact) mass is 959 g/mol. The van der Waals surface area contributed by atoms with Crippen LogP contribution in [0.1, 0.15) is 39.2 Å². The fourth-order valence-electron chi connectivity index (χ4n) is 8.35. The van der Waals surface area contributed by atoms with Crippen LogP contribution in [-0.2, 0) is 0 Å². The zero-order valence-corrected chi connectivity index (χ0v) is 39.3. The van der Waals surface area contributed by atoms with Gasteiger partial charge in [0.15, 0.2) is 5.69 Å². The smallest absolute Gasteiger partial charge is 0.268 e. The summed E-state index contributed by atoms with van der Waals surface area (Å²) in [5.41, 5.74) is 7.26. The molecule has 0 bridgehead atoms. The maximum Gasteiger partial charge on any atom is 0.271 e. The zero-order chi connectivity index (χ0) is 48.3. The maximum absolute atomic E-state index is 14.7. The van der Waals surface area contributed by atoms with Crippen molar-refractivity contribution in [1.82, 2.24) is 9.97 Å². The quantitative estimate of drug-likeness (QED) is 0.163. The van der Waals surface area contributed by atoms with Gasteiger partial charge < -0.3 is 0 Å². The third kappa shape index (κ3) is 8.14. The van der Waals surface area contributed by atoms with Gasteiger partial charge in [-0.25, -0.2) is 34.3 Å². The lowest BCUT2D eigenvalue weighted by atomic mass is 9.91. The Hall–Kier alpha value is -9.14. The van der Waals surface area contributed by atoms with Crippen molar-refractivity contribution in [3.63, 3.8) is 0 Å². The molecule has 0 unspecified atom stereocenters. The molecule has 0 amide bonds. The number of aryl methyl sites for hydroxylation is 2. The summed E-state index contributed by atoms with van der Waals surface area (Å²) in [6.45, 7) is 33.7. The summed E-state index contributed by atoms with van der Waals surface area (Å²) in [4.78, 5) is 23.3. The second kappa shape index (κ2) is 19.0. The first-order chi connectivity index (χ1) is 33.6. The highest BCUT2D eigenvalue weighted by Crippen LogP contribution is 2.33. The molecule has 0 radical (unpaired) electrons. The number of nitrogens with zero attached hydrogens (tertiary/aromatic N) is 9. The van der Waals surface area contributed by atoms with E-state index in [0.717, 1.165) is 73.2 Å². The predicted octanol–water partition coefficient (Wildman–Crippen LogP) is 12.3. The molecule has 0 atom stereocenters. The second-order valence-electron chi connectivity index (χ2n) is 15.3. The standard InChI is InChI=1S/C29H13FN4S2.C26H13N5S2/c1-16-8-18(12-20(30)9-16)25(19-10-17(14-31)11-21(13-19)33-2)27-23-5-7-35-28(23)26(24(15-32)34-3)22-4-6-36-29(22)27;1-15-4-6-19(30-13-15)24(20-7-5-16(28-2)14-31-20)23-18-9-11-32-25(18)22(21(12-27)29-3)17-8-10-33-26(17)23/h4-13H,1H3;4-11,13-14H,1H3/b26-24-,27-25+;22-21-,24-23+. The van der Waals surface area contributed by atoms with E-state index in [-0.39, 0.29) is 11.4 Å². The summed E-state index contributed by atoms with van der Waals surface area (Å²) in [5, 5.41) is 43.2. The normalized spacial score (nSPS) is 12.5. The van der Waals surface area contributed by atoms with Gasteiger partial charge in [-0.3, -0.25) is 9.97 Å². The molecule has 0 spiro atoms. The Morgan fingerprint density at radius 3 is 1.46 bits per heavy atom. The van der Waals surface area contributed by atoms with E-state index in [2.05, 4.69) is 36.5 Å². The van der Waals surface area contributed by atoms with Gasteiger partial charge in [-0.2, -0.15) is 5.26 Å². The molecule has 69 heavy (non-hydrogen) atoms. The van der Waals surface area contributed by atoms with Crippen LogP contribution in [0.4, 0.5) is 15.8 Å². The van der Waals surface area contributed by atoms with Crippen molar-refractivity contribution in [3.05, 3.63) is 230 Å². The minimum atomic E-state index is -0.391. The van der Waals surface area contributed by atoms with Crippen LogP contribution < -0.4 is 20.9 Å². The molecule has 0 fully saturated rings. The third-order valence-electron chi connectivity index (χ3n) is 11.2. The largest absolute Gasteiger partial charge is 0.271 e. The lowest BCUT2D eigenvalue weighted by Gasteiger charge is -2.13. The van der Waals surface area contributed by atoms with E-state index < -0.39 is 5.82 Å². The fourth-order valence-corrected chi connectivity index (χ4v) is 12.2. The SMILES string of the molecule is [C-]#[N+]/C(C#N)=c1/c2ccsc2/c(=C(\c2cc(C)cc(F)c2)c2cc(C#N)cc([N+]#[C-])c2)c2ccsc12.[C-]#[N+]/C(C#N)=c1/c2ccsc2/c(=C(\c2ccc(C)cn2)c2ccc([N+]#[C-])cn2)c2ccsc12. The van der Waals surface area contributed by atoms with E-state index in [9.17, 15) is 20.2 Å². The number of nitriles is 3. The van der Waals surface area contributed by atoms with Crippen molar-refractivity contribution in [2.75, 3.05) is 0 Å². The Kier molecular flexibility index (Phi) is 12.4. The van der Waals surface area contributed by atoms with Crippen molar-refractivity contribution in [2.45, 2.75) is 13.8 Å². The first-order valence-corrected chi connectivity index (χ1v) is 24.0. The highest BCUT2D eigenvalue weighted by Gasteiger charge is 2.20. The number of halogens is 1. The van der Waals surface area contributed by atoms with Gasteiger partial charge in [0.1, 0.15) is 5.82 Å². The molecule has 6 aromatic heterocycles. The van der Waals surface area contributed by atoms with Crippen LogP contribution in [0.3, 0.4) is 0 Å². The van der Waals surface area contributed by atoms with E-state index in [1.54, 1.807) is 35.7 Å². The van der Waals surface area contributed by atoms with Crippen LogP contribution in [0, 0.1) is 79.9 Å². The van der Waals surface area contributed by atoms with Crippen molar-refractivity contribution >= 4 is 120 Å². The summed E-state index contributed by atoms with van der Waals surface area (Å²) in [6, 6.07) is 31.4. The van der Waals surface area contributed by atoms with Gasteiger partial charge in [0.25, 0.3) is 11.4 Å². The first kappa shape index (κ1) is 45.0. The second-order valence-corrected chi connectivity index (χ2v) is 19.0. The average Bonchev–Trinajstić information content (AvgIpc) is 4.23. The minimum Gasteiger partial charge on any atom is -0.268 e. The van der Waals surface area contributed by atoms with Crippen molar-refractivity contribution < 1.29 is 4.39 Å². The molecule has 6 heterocycles. The third-order valence-corrected chi connectivity index (χ3v) is 14.9. The highest BCUT2D eigenvalue weighted by molar-refractivity contribution is 7.19. The van der Waals surface area contributed by atoms with Gasteiger partial charge in [-0.15, -0.1) is 45.3 Å². The Morgan fingerprint density at radius 2 is 1.01 bits per heavy atom. The molecule has 9 nitrogen and oxygen atoms in total. The van der Waals surface area contributed by atoms with Gasteiger partial charge >= 0.3 is 0 Å². The van der Waals surface area contributed by atoms with Gasteiger partial charge in [0.2, 0.25) is 5.69 Å². The summed E-state index contributed by atoms with van der Waals surface area (Å²) >= 11 is 5.99. The van der Waals surface area contributed by atoms with E-state index >= 15 is 0 Å². The number of hydrogen-bond acceptors (Lipinski definition) is 9. The number of rotatable bonds is 4. The zero-order valence-electron chi connectivity index (χ0n) is 36.1. The number of thiophene rings is 4. The molecule has 10 rings (SSSR count). The number of benzene rings is 4. The topological polar surface area (TPSA) is 115 Å². The van der Waals surface area contributed by atoms with Crippen LogP contribution in [-0.4, -0.2) is 9.97 Å².